The quantitative estimate of drug-likeness (QED) is 0.580. The lowest BCUT2D eigenvalue weighted by molar-refractivity contribution is -0.130. The molecule has 1 atom stereocenters. The highest BCUT2D eigenvalue weighted by Crippen LogP contribution is 2.37. The summed E-state index contributed by atoms with van der Waals surface area (Å²) in [5.74, 6) is -1.14. The molecule has 1 aliphatic heterocycles. The van der Waals surface area contributed by atoms with E-state index in [1.54, 1.807) is 19.1 Å². The normalized spacial score (nSPS) is 17.4. The van der Waals surface area contributed by atoms with Crippen LogP contribution in [0.3, 0.4) is 0 Å². The molecule has 5 nitrogen and oxygen atoms in total. The van der Waals surface area contributed by atoms with E-state index in [0.717, 1.165) is 16.3 Å². The number of halogens is 1. The fourth-order valence-electron chi connectivity index (χ4n) is 3.10. The van der Waals surface area contributed by atoms with Gasteiger partial charge in [-0.3, -0.25) is 14.5 Å². The number of aryl methyl sites for hydroxylation is 1. The minimum absolute atomic E-state index is 0.0908. The molecule has 3 aromatic rings. The summed E-state index contributed by atoms with van der Waals surface area (Å²) >= 11 is 2.86. The molecule has 8 heteroatoms. The number of aromatic nitrogens is 1. The smallest absolute Gasteiger partial charge is 0.244 e. The number of rotatable bonds is 5. The third-order valence-electron chi connectivity index (χ3n) is 4.74. The molecule has 2 heterocycles. The summed E-state index contributed by atoms with van der Waals surface area (Å²) < 4.78 is 13.8. The molecule has 1 N–H and O–H groups in total. The first-order valence-corrected chi connectivity index (χ1v) is 11.4. The Hall–Kier alpha value is -2.97. The van der Waals surface area contributed by atoms with Crippen molar-refractivity contribution in [3.63, 3.8) is 0 Å². The molecule has 1 aliphatic rings. The molecule has 1 fully saturated rings. The topological polar surface area (TPSA) is 62.3 Å². The molecule has 158 valence electrons. The highest BCUT2D eigenvalue weighted by atomic mass is 32.2. The molecule has 0 saturated carbocycles. The molecule has 0 spiro atoms. The monoisotopic (exact) mass is 453 g/mol. The van der Waals surface area contributed by atoms with Crippen molar-refractivity contribution in [2.45, 2.75) is 19.1 Å². The highest BCUT2D eigenvalue weighted by molar-refractivity contribution is 8.04. The van der Waals surface area contributed by atoms with E-state index < -0.39 is 11.7 Å². The van der Waals surface area contributed by atoms with Crippen molar-refractivity contribution in [1.82, 2.24) is 9.88 Å². The number of benzene rings is 2. The van der Waals surface area contributed by atoms with Crippen molar-refractivity contribution in [1.29, 1.82) is 0 Å². The number of hydrogen-bond acceptors (Lipinski definition) is 5. The number of anilines is 1. The Bertz CT molecular complexity index is 1160. The molecule has 31 heavy (non-hydrogen) atoms. The van der Waals surface area contributed by atoms with Gasteiger partial charge in [-0.2, -0.15) is 0 Å². The third-order valence-corrected chi connectivity index (χ3v) is 6.67. The molecule has 0 bridgehead atoms. The molecule has 4 rings (SSSR count). The Morgan fingerprint density at radius 3 is 2.71 bits per heavy atom. The summed E-state index contributed by atoms with van der Waals surface area (Å²) in [4.78, 5) is 31.2. The molecule has 2 aromatic carbocycles. The summed E-state index contributed by atoms with van der Waals surface area (Å²) in [6.45, 7) is 3.65. The molecule has 0 unspecified atom stereocenters. The van der Waals surface area contributed by atoms with Crippen molar-refractivity contribution in [2.24, 2.45) is 0 Å². The SMILES string of the molecule is Cc1ccc(-c2csc(/C=C3\S[C@H](C)C(=O)N3CC(=O)Nc3ccccc3F)n2)cc1. The van der Waals surface area contributed by atoms with Gasteiger partial charge in [0.1, 0.15) is 17.4 Å². The van der Waals surface area contributed by atoms with Crippen LogP contribution in [0.15, 0.2) is 58.9 Å². The number of para-hydroxylation sites is 1. The number of hydrogen-bond donors (Lipinski definition) is 1. The maximum atomic E-state index is 13.8. The van der Waals surface area contributed by atoms with Crippen LogP contribution in [0.25, 0.3) is 17.3 Å². The maximum Gasteiger partial charge on any atom is 0.244 e. The second-order valence-corrected chi connectivity index (χ2v) is 9.38. The molecule has 2 amide bonds. The molecule has 1 aromatic heterocycles. The van der Waals surface area contributed by atoms with Crippen LogP contribution < -0.4 is 5.32 Å². The van der Waals surface area contributed by atoms with Gasteiger partial charge >= 0.3 is 0 Å². The predicted molar refractivity (Wildman–Crippen MR) is 124 cm³/mol. The van der Waals surface area contributed by atoms with E-state index >= 15 is 0 Å². The number of carbonyl (C=O) groups is 2. The van der Waals surface area contributed by atoms with E-state index in [9.17, 15) is 14.0 Å². The largest absolute Gasteiger partial charge is 0.322 e. The van der Waals surface area contributed by atoms with Gasteiger partial charge in [0.05, 0.1) is 21.7 Å². The number of thioether (sulfide) groups is 1. The zero-order chi connectivity index (χ0) is 22.0. The van der Waals surface area contributed by atoms with Crippen LogP contribution in [0.2, 0.25) is 0 Å². The van der Waals surface area contributed by atoms with Gasteiger partial charge < -0.3 is 5.32 Å². The summed E-state index contributed by atoms with van der Waals surface area (Å²) in [5.41, 5.74) is 3.16. The van der Waals surface area contributed by atoms with E-state index in [-0.39, 0.29) is 23.4 Å². The average molecular weight is 454 g/mol. The van der Waals surface area contributed by atoms with E-state index in [0.29, 0.717) is 5.03 Å². The number of nitrogens with zero attached hydrogens (tertiary/aromatic N) is 2. The van der Waals surface area contributed by atoms with Gasteiger partial charge in [0.25, 0.3) is 0 Å². The van der Waals surface area contributed by atoms with Gasteiger partial charge in [0.15, 0.2) is 0 Å². The van der Waals surface area contributed by atoms with E-state index in [1.165, 1.54) is 45.7 Å². The lowest BCUT2D eigenvalue weighted by atomic mass is 10.1. The number of thiazole rings is 1. The van der Waals surface area contributed by atoms with Gasteiger partial charge in [-0.25, -0.2) is 9.37 Å². The Labute approximate surface area is 188 Å². The van der Waals surface area contributed by atoms with Gasteiger partial charge in [-0.15, -0.1) is 11.3 Å². The van der Waals surface area contributed by atoms with Gasteiger partial charge in [0, 0.05) is 17.0 Å². The van der Waals surface area contributed by atoms with E-state index in [1.807, 2.05) is 42.6 Å². The first-order chi connectivity index (χ1) is 14.9. The summed E-state index contributed by atoms with van der Waals surface area (Å²) in [7, 11) is 0. The first-order valence-electron chi connectivity index (χ1n) is 9.67. The highest BCUT2D eigenvalue weighted by Gasteiger charge is 2.35. The minimum Gasteiger partial charge on any atom is -0.322 e. The lowest BCUT2D eigenvalue weighted by Crippen LogP contribution is -2.35. The number of carbonyl (C=O) groups excluding carboxylic acids is 2. The van der Waals surface area contributed by atoms with Crippen molar-refractivity contribution >= 4 is 46.7 Å². The van der Waals surface area contributed by atoms with Crippen LogP contribution in [0.5, 0.6) is 0 Å². The summed E-state index contributed by atoms with van der Waals surface area (Å²) in [6.07, 6.45) is 1.82. The van der Waals surface area contributed by atoms with Crippen LogP contribution in [0.4, 0.5) is 10.1 Å². The molecule has 1 saturated heterocycles. The minimum atomic E-state index is -0.520. The second-order valence-electron chi connectivity index (χ2n) is 7.13. The van der Waals surface area contributed by atoms with Crippen molar-refractivity contribution in [2.75, 3.05) is 11.9 Å². The zero-order valence-corrected chi connectivity index (χ0v) is 18.6. The fraction of sp³-hybridized carbons (Fsp3) is 0.174. The van der Waals surface area contributed by atoms with Crippen LogP contribution in [-0.4, -0.2) is 33.5 Å². The Morgan fingerprint density at radius 2 is 1.97 bits per heavy atom. The Balaban J connectivity index is 1.52. The van der Waals surface area contributed by atoms with Crippen molar-refractivity contribution < 1.29 is 14.0 Å². The van der Waals surface area contributed by atoms with Crippen LogP contribution >= 0.6 is 23.1 Å². The van der Waals surface area contributed by atoms with Gasteiger partial charge in [0.2, 0.25) is 11.8 Å². The molecule has 0 radical (unpaired) electrons. The average Bonchev–Trinajstić information content (AvgIpc) is 3.31. The van der Waals surface area contributed by atoms with Gasteiger partial charge in [-0.05, 0) is 26.0 Å². The first kappa shape index (κ1) is 21.3. The Kier molecular flexibility index (Phi) is 6.20. The molecule has 0 aliphatic carbocycles. The van der Waals surface area contributed by atoms with Crippen molar-refractivity contribution in [3.05, 3.63) is 75.3 Å². The van der Waals surface area contributed by atoms with Crippen LogP contribution in [0, 0.1) is 12.7 Å². The molecular formula is C23H20FN3O2S2. The third kappa shape index (κ3) is 4.86. The predicted octanol–water partition coefficient (Wildman–Crippen LogP) is 5.16. The number of nitrogens with one attached hydrogen (secondary N) is 1. The maximum absolute atomic E-state index is 13.8. The fourth-order valence-corrected chi connectivity index (χ4v) is 4.98. The summed E-state index contributed by atoms with van der Waals surface area (Å²) in [6, 6.07) is 14.1. The lowest BCUT2D eigenvalue weighted by Gasteiger charge is -2.17. The zero-order valence-electron chi connectivity index (χ0n) is 17.0. The van der Waals surface area contributed by atoms with E-state index in [4.69, 9.17) is 0 Å². The van der Waals surface area contributed by atoms with E-state index in [2.05, 4.69) is 10.3 Å². The standard InChI is InChI=1S/C23H20FN3O2S2/c1-14-7-9-16(10-8-14)19-13-30-21(26-19)11-22-27(23(29)15(2)31-22)12-20(28)25-18-6-4-3-5-17(18)24/h3-11,13,15H,12H2,1-2H3,(H,25,28)/b22-11-/t15-/m1/s1. The van der Waals surface area contributed by atoms with Crippen molar-refractivity contribution in [3.8, 4) is 11.3 Å². The van der Waals surface area contributed by atoms with Gasteiger partial charge in [-0.1, -0.05) is 53.7 Å². The second kappa shape index (κ2) is 9.03. The molecular weight excluding hydrogens is 433 g/mol. The Morgan fingerprint density at radius 1 is 1.23 bits per heavy atom. The van der Waals surface area contributed by atoms with Crippen LogP contribution in [0.1, 0.15) is 17.5 Å². The number of amides is 2. The summed E-state index contributed by atoms with van der Waals surface area (Å²) in [5, 5.41) is 5.61. The van der Waals surface area contributed by atoms with Crippen LogP contribution in [-0.2, 0) is 9.59 Å².